The maximum absolute atomic E-state index is 11.2. The molecule has 0 radical (unpaired) electrons. The first-order chi connectivity index (χ1) is 7.11. The largest absolute Gasteiger partial charge is 0.360 e. The van der Waals surface area contributed by atoms with Crippen molar-refractivity contribution in [2.75, 3.05) is 18.4 Å². The molecule has 1 aromatic heterocycles. The molecule has 0 aliphatic heterocycles. The summed E-state index contributed by atoms with van der Waals surface area (Å²) < 4.78 is 4.74. The topological polar surface area (TPSA) is 110 Å². The van der Waals surface area contributed by atoms with Gasteiger partial charge in [-0.1, -0.05) is 5.16 Å². The summed E-state index contributed by atoms with van der Waals surface area (Å²) in [6.07, 6.45) is 0. The van der Waals surface area contributed by atoms with Crippen LogP contribution >= 0.6 is 0 Å². The Kier molecular flexibility index (Phi) is 3.81. The van der Waals surface area contributed by atoms with Gasteiger partial charge in [-0.3, -0.25) is 9.59 Å². The quantitative estimate of drug-likeness (QED) is 0.592. The summed E-state index contributed by atoms with van der Waals surface area (Å²) in [5, 5.41) is 8.33. The predicted octanol–water partition coefficient (Wildman–Crippen LogP) is -1.00. The van der Waals surface area contributed by atoms with Gasteiger partial charge < -0.3 is 20.9 Å². The summed E-state index contributed by atoms with van der Waals surface area (Å²) in [4.78, 5) is 21.9. The lowest BCUT2D eigenvalue weighted by Crippen LogP contribution is -2.36. The number of nitrogens with two attached hydrogens (primary N) is 1. The second-order valence-electron chi connectivity index (χ2n) is 2.85. The van der Waals surface area contributed by atoms with E-state index < -0.39 is 0 Å². The fraction of sp³-hybridized carbons (Fsp3) is 0.375. The monoisotopic (exact) mass is 212 g/mol. The maximum atomic E-state index is 11.2. The molecule has 1 heterocycles. The van der Waals surface area contributed by atoms with Crippen LogP contribution in [-0.2, 0) is 9.59 Å². The third-order valence-corrected chi connectivity index (χ3v) is 1.53. The Labute approximate surface area is 86.0 Å². The van der Waals surface area contributed by atoms with Crippen LogP contribution in [0.1, 0.15) is 5.76 Å². The van der Waals surface area contributed by atoms with E-state index in [1.54, 1.807) is 13.0 Å². The zero-order valence-corrected chi connectivity index (χ0v) is 8.24. The number of aromatic nitrogens is 1. The highest BCUT2D eigenvalue weighted by Crippen LogP contribution is 2.05. The number of nitrogens with one attached hydrogen (secondary N) is 2. The van der Waals surface area contributed by atoms with Crippen molar-refractivity contribution in [2.45, 2.75) is 6.92 Å². The summed E-state index contributed by atoms with van der Waals surface area (Å²) >= 11 is 0. The number of carbonyl (C=O) groups is 2. The van der Waals surface area contributed by atoms with Gasteiger partial charge in [0.05, 0.1) is 13.1 Å². The van der Waals surface area contributed by atoms with Crippen LogP contribution in [0.25, 0.3) is 0 Å². The molecular weight excluding hydrogens is 200 g/mol. The highest BCUT2D eigenvalue weighted by atomic mass is 16.5. The number of anilines is 1. The lowest BCUT2D eigenvalue weighted by Gasteiger charge is -2.02. The standard InChI is InChI=1S/C8H12N4O3/c1-5-2-6(12-15-5)11-8(14)4-10-7(13)3-9/h2H,3-4,9H2,1H3,(H,10,13)(H,11,12,14). The molecular formula is C8H12N4O3. The molecule has 0 saturated carbocycles. The van der Waals surface area contributed by atoms with Gasteiger partial charge in [-0.05, 0) is 6.92 Å². The molecule has 0 unspecified atom stereocenters. The smallest absolute Gasteiger partial charge is 0.245 e. The molecule has 0 aromatic carbocycles. The molecule has 2 amide bonds. The van der Waals surface area contributed by atoms with E-state index in [0.29, 0.717) is 11.6 Å². The molecule has 7 nitrogen and oxygen atoms in total. The second kappa shape index (κ2) is 5.11. The van der Waals surface area contributed by atoms with Crippen molar-refractivity contribution in [3.63, 3.8) is 0 Å². The number of nitrogens with zero attached hydrogens (tertiary/aromatic N) is 1. The van der Waals surface area contributed by atoms with E-state index in [1.165, 1.54) is 0 Å². The number of rotatable bonds is 4. The van der Waals surface area contributed by atoms with Crippen LogP contribution in [0.3, 0.4) is 0 Å². The van der Waals surface area contributed by atoms with Crippen molar-refractivity contribution < 1.29 is 14.1 Å². The molecule has 82 valence electrons. The van der Waals surface area contributed by atoms with E-state index in [1.807, 2.05) is 0 Å². The van der Waals surface area contributed by atoms with E-state index in [2.05, 4.69) is 15.8 Å². The normalized spacial score (nSPS) is 9.73. The van der Waals surface area contributed by atoms with Crippen LogP contribution in [0.2, 0.25) is 0 Å². The third kappa shape index (κ3) is 3.77. The highest BCUT2D eigenvalue weighted by Gasteiger charge is 2.06. The van der Waals surface area contributed by atoms with Crippen LogP contribution in [0.4, 0.5) is 5.82 Å². The van der Waals surface area contributed by atoms with E-state index in [0.717, 1.165) is 0 Å². The number of hydrogen-bond donors (Lipinski definition) is 3. The summed E-state index contributed by atoms with van der Waals surface area (Å²) in [6.45, 7) is 1.43. The van der Waals surface area contributed by atoms with Gasteiger partial charge in [0, 0.05) is 6.07 Å². The molecule has 4 N–H and O–H groups in total. The summed E-state index contributed by atoms with van der Waals surface area (Å²) in [7, 11) is 0. The number of amides is 2. The van der Waals surface area contributed by atoms with Crippen molar-refractivity contribution in [3.8, 4) is 0 Å². The Morgan fingerprint density at radius 1 is 1.53 bits per heavy atom. The van der Waals surface area contributed by atoms with Crippen molar-refractivity contribution >= 4 is 17.6 Å². The van der Waals surface area contributed by atoms with Crippen LogP contribution < -0.4 is 16.4 Å². The lowest BCUT2D eigenvalue weighted by molar-refractivity contribution is -0.123. The number of hydrogen-bond acceptors (Lipinski definition) is 5. The van der Waals surface area contributed by atoms with Gasteiger partial charge in [-0.2, -0.15) is 0 Å². The van der Waals surface area contributed by atoms with Crippen molar-refractivity contribution in [2.24, 2.45) is 5.73 Å². The molecule has 0 atom stereocenters. The number of carbonyl (C=O) groups excluding carboxylic acids is 2. The minimum Gasteiger partial charge on any atom is -0.360 e. The highest BCUT2D eigenvalue weighted by molar-refractivity contribution is 5.93. The molecule has 0 aliphatic rings. The van der Waals surface area contributed by atoms with Crippen LogP contribution in [0.5, 0.6) is 0 Å². The molecule has 0 bridgehead atoms. The van der Waals surface area contributed by atoms with Gasteiger partial charge in [0.25, 0.3) is 0 Å². The molecule has 0 saturated heterocycles. The van der Waals surface area contributed by atoms with Crippen LogP contribution in [0, 0.1) is 6.92 Å². The molecule has 0 aliphatic carbocycles. The Bertz CT molecular complexity index is 361. The van der Waals surface area contributed by atoms with Gasteiger partial charge in [0.15, 0.2) is 5.82 Å². The molecule has 7 heteroatoms. The molecule has 1 rings (SSSR count). The number of aryl methyl sites for hydroxylation is 1. The zero-order valence-electron chi connectivity index (χ0n) is 8.24. The Morgan fingerprint density at radius 3 is 2.80 bits per heavy atom. The first-order valence-electron chi connectivity index (χ1n) is 4.31. The molecule has 15 heavy (non-hydrogen) atoms. The Morgan fingerprint density at radius 2 is 2.27 bits per heavy atom. The average Bonchev–Trinajstić information content (AvgIpc) is 2.60. The van der Waals surface area contributed by atoms with Gasteiger partial charge in [-0.15, -0.1) is 0 Å². The minimum absolute atomic E-state index is 0.137. The Hall–Kier alpha value is -1.89. The molecule has 0 spiro atoms. The van der Waals surface area contributed by atoms with Crippen LogP contribution in [0.15, 0.2) is 10.6 Å². The summed E-state index contributed by atoms with van der Waals surface area (Å²) in [5.74, 6) is 0.141. The van der Waals surface area contributed by atoms with Crippen molar-refractivity contribution in [1.29, 1.82) is 0 Å². The first kappa shape index (κ1) is 11.2. The minimum atomic E-state index is -0.388. The van der Waals surface area contributed by atoms with Gasteiger partial charge in [0.1, 0.15) is 5.76 Å². The van der Waals surface area contributed by atoms with Gasteiger partial charge in [0.2, 0.25) is 11.8 Å². The molecule has 0 fully saturated rings. The van der Waals surface area contributed by atoms with E-state index >= 15 is 0 Å². The molecule has 1 aromatic rings. The summed E-state index contributed by atoms with van der Waals surface area (Å²) in [6, 6.07) is 1.57. The van der Waals surface area contributed by atoms with Crippen LogP contribution in [-0.4, -0.2) is 30.1 Å². The maximum Gasteiger partial charge on any atom is 0.245 e. The van der Waals surface area contributed by atoms with E-state index in [4.69, 9.17) is 10.3 Å². The Balaban J connectivity index is 2.33. The van der Waals surface area contributed by atoms with Crippen molar-refractivity contribution in [3.05, 3.63) is 11.8 Å². The van der Waals surface area contributed by atoms with Gasteiger partial charge in [-0.25, -0.2) is 0 Å². The van der Waals surface area contributed by atoms with E-state index in [9.17, 15) is 9.59 Å². The second-order valence-corrected chi connectivity index (χ2v) is 2.85. The fourth-order valence-corrected chi connectivity index (χ4v) is 0.863. The first-order valence-corrected chi connectivity index (χ1v) is 4.31. The third-order valence-electron chi connectivity index (χ3n) is 1.53. The van der Waals surface area contributed by atoms with E-state index in [-0.39, 0.29) is 24.9 Å². The SMILES string of the molecule is Cc1cc(NC(=O)CNC(=O)CN)no1. The van der Waals surface area contributed by atoms with Crippen molar-refractivity contribution in [1.82, 2.24) is 10.5 Å². The lowest BCUT2D eigenvalue weighted by atomic mass is 10.4. The average molecular weight is 212 g/mol. The fourth-order valence-electron chi connectivity index (χ4n) is 0.863. The zero-order chi connectivity index (χ0) is 11.3. The predicted molar refractivity (Wildman–Crippen MR) is 51.9 cm³/mol. The van der Waals surface area contributed by atoms with Gasteiger partial charge >= 0.3 is 0 Å². The summed E-state index contributed by atoms with van der Waals surface area (Å²) in [5.41, 5.74) is 5.04.